The molecule has 3 nitrogen and oxygen atoms in total. The fraction of sp³-hybridized carbons (Fsp3) is 0.400. The van der Waals surface area contributed by atoms with Crippen LogP contribution in [0.15, 0.2) is 30.6 Å². The first-order chi connectivity index (χ1) is 9.13. The van der Waals surface area contributed by atoms with E-state index in [0.717, 1.165) is 29.4 Å². The smallest absolute Gasteiger partial charge is 0.110 e. The zero-order valence-electron chi connectivity index (χ0n) is 11.7. The van der Waals surface area contributed by atoms with E-state index in [0.29, 0.717) is 0 Å². The number of rotatable bonds is 5. The first-order valence-corrected chi connectivity index (χ1v) is 6.95. The van der Waals surface area contributed by atoms with Crippen molar-refractivity contribution in [1.29, 1.82) is 0 Å². The maximum atomic E-state index is 6.22. The predicted molar refractivity (Wildman–Crippen MR) is 79.5 cm³/mol. The molecule has 0 saturated carbocycles. The number of likely N-dealkylation sites (N-methyl/N-ethyl adjacent to an activating group) is 1. The van der Waals surface area contributed by atoms with Crippen LogP contribution in [0.1, 0.15) is 29.9 Å². The lowest BCUT2D eigenvalue weighted by atomic mass is 9.98. The number of nitrogens with zero attached hydrogens (tertiary/aromatic N) is 2. The Morgan fingerprint density at radius 3 is 2.84 bits per heavy atom. The first-order valence-electron chi connectivity index (χ1n) is 6.58. The highest BCUT2D eigenvalue weighted by atomic mass is 35.5. The van der Waals surface area contributed by atoms with Crippen LogP contribution in [0, 0.1) is 6.92 Å². The summed E-state index contributed by atoms with van der Waals surface area (Å²) in [5.74, 6) is 1.07. The summed E-state index contributed by atoms with van der Waals surface area (Å²) in [5, 5.41) is 4.34. The van der Waals surface area contributed by atoms with E-state index in [4.69, 9.17) is 11.6 Å². The van der Waals surface area contributed by atoms with E-state index in [9.17, 15) is 0 Å². The van der Waals surface area contributed by atoms with Gasteiger partial charge in [0.05, 0.1) is 0 Å². The van der Waals surface area contributed by atoms with E-state index >= 15 is 0 Å². The number of halogens is 1. The third-order valence-electron chi connectivity index (χ3n) is 3.44. The lowest BCUT2D eigenvalue weighted by Gasteiger charge is -2.20. The third-order valence-corrected chi connectivity index (χ3v) is 3.85. The molecular weight excluding hydrogens is 258 g/mol. The Balaban J connectivity index is 2.29. The van der Waals surface area contributed by atoms with Crippen LogP contribution in [0.3, 0.4) is 0 Å². The first kappa shape index (κ1) is 14.1. The summed E-state index contributed by atoms with van der Waals surface area (Å²) in [7, 11) is 2.02. The summed E-state index contributed by atoms with van der Waals surface area (Å²) in [4.78, 5) is 4.41. The van der Waals surface area contributed by atoms with Crippen LogP contribution in [-0.2, 0) is 13.5 Å². The van der Waals surface area contributed by atoms with Gasteiger partial charge >= 0.3 is 0 Å². The van der Waals surface area contributed by atoms with Crippen LogP contribution in [0.2, 0.25) is 5.02 Å². The van der Waals surface area contributed by atoms with Gasteiger partial charge in [-0.05, 0) is 30.7 Å². The molecule has 2 rings (SSSR count). The summed E-state index contributed by atoms with van der Waals surface area (Å²) in [5.41, 5.74) is 2.39. The van der Waals surface area contributed by atoms with Crippen LogP contribution >= 0.6 is 11.6 Å². The Morgan fingerprint density at radius 1 is 1.42 bits per heavy atom. The Kier molecular flexibility index (Phi) is 4.61. The molecule has 1 N–H and O–H groups in total. The maximum absolute atomic E-state index is 6.22. The minimum absolute atomic E-state index is 0.241. The van der Waals surface area contributed by atoms with Gasteiger partial charge < -0.3 is 9.88 Å². The van der Waals surface area contributed by atoms with Crippen molar-refractivity contribution < 1.29 is 0 Å². The van der Waals surface area contributed by atoms with Crippen LogP contribution in [0.4, 0.5) is 0 Å². The molecule has 0 fully saturated rings. The van der Waals surface area contributed by atoms with Gasteiger partial charge in [0.25, 0.3) is 0 Å². The summed E-state index contributed by atoms with van der Waals surface area (Å²) >= 11 is 6.22. The molecule has 0 aliphatic rings. The molecule has 19 heavy (non-hydrogen) atoms. The van der Waals surface area contributed by atoms with Crippen molar-refractivity contribution in [1.82, 2.24) is 14.9 Å². The van der Waals surface area contributed by atoms with E-state index in [-0.39, 0.29) is 6.04 Å². The lowest BCUT2D eigenvalue weighted by molar-refractivity contribution is 0.527. The second-order valence-electron chi connectivity index (χ2n) is 4.72. The SMILES string of the molecule is CCNC(Cc1nccn1C)c1cccc(Cl)c1C. The molecule has 0 amide bonds. The fourth-order valence-corrected chi connectivity index (χ4v) is 2.50. The van der Waals surface area contributed by atoms with Crippen molar-refractivity contribution in [3.8, 4) is 0 Å². The van der Waals surface area contributed by atoms with Gasteiger partial charge in [-0.25, -0.2) is 4.98 Å². The number of hydrogen-bond donors (Lipinski definition) is 1. The summed E-state index contributed by atoms with van der Waals surface area (Å²) in [6.07, 6.45) is 4.67. The van der Waals surface area contributed by atoms with E-state index < -0.39 is 0 Å². The van der Waals surface area contributed by atoms with E-state index in [1.54, 1.807) is 0 Å². The molecular formula is C15H20ClN3. The summed E-state index contributed by atoms with van der Waals surface area (Å²) in [6.45, 7) is 5.10. The minimum Gasteiger partial charge on any atom is -0.338 e. The highest BCUT2D eigenvalue weighted by Crippen LogP contribution is 2.26. The molecule has 1 atom stereocenters. The predicted octanol–water partition coefficient (Wildman–Crippen LogP) is 3.28. The van der Waals surface area contributed by atoms with Crippen molar-refractivity contribution in [2.24, 2.45) is 7.05 Å². The van der Waals surface area contributed by atoms with Gasteiger partial charge in [0.2, 0.25) is 0 Å². The van der Waals surface area contributed by atoms with Crippen LogP contribution in [0.5, 0.6) is 0 Å². The van der Waals surface area contributed by atoms with Crippen molar-refractivity contribution in [3.63, 3.8) is 0 Å². The normalized spacial score (nSPS) is 12.6. The van der Waals surface area contributed by atoms with Gasteiger partial charge in [-0.2, -0.15) is 0 Å². The van der Waals surface area contributed by atoms with E-state index in [2.05, 4.69) is 34.8 Å². The molecule has 0 saturated heterocycles. The molecule has 0 aliphatic carbocycles. The molecule has 1 unspecified atom stereocenters. The maximum Gasteiger partial charge on any atom is 0.110 e. The quantitative estimate of drug-likeness (QED) is 0.909. The van der Waals surface area contributed by atoms with Crippen molar-refractivity contribution in [3.05, 3.63) is 52.6 Å². The van der Waals surface area contributed by atoms with Gasteiger partial charge in [0.1, 0.15) is 5.82 Å². The molecule has 2 aromatic rings. The number of nitrogens with one attached hydrogen (secondary N) is 1. The van der Waals surface area contributed by atoms with Crippen LogP contribution in [-0.4, -0.2) is 16.1 Å². The largest absolute Gasteiger partial charge is 0.338 e. The molecule has 1 heterocycles. The van der Waals surface area contributed by atoms with Crippen molar-refractivity contribution >= 4 is 11.6 Å². The summed E-state index contributed by atoms with van der Waals surface area (Å²) < 4.78 is 2.06. The van der Waals surface area contributed by atoms with Crippen molar-refractivity contribution in [2.45, 2.75) is 26.3 Å². The Labute approximate surface area is 119 Å². The monoisotopic (exact) mass is 277 g/mol. The van der Waals surface area contributed by atoms with Gasteiger partial charge in [0.15, 0.2) is 0 Å². The number of imidazole rings is 1. The highest BCUT2D eigenvalue weighted by Gasteiger charge is 2.16. The molecule has 0 bridgehead atoms. The van der Waals surface area contributed by atoms with Crippen molar-refractivity contribution in [2.75, 3.05) is 6.54 Å². The molecule has 1 aromatic heterocycles. The fourth-order valence-electron chi connectivity index (χ4n) is 2.32. The average Bonchev–Trinajstić information content (AvgIpc) is 2.78. The van der Waals surface area contributed by atoms with Gasteiger partial charge in [-0.3, -0.25) is 0 Å². The lowest BCUT2D eigenvalue weighted by Crippen LogP contribution is -2.25. The minimum atomic E-state index is 0.241. The van der Waals surface area contributed by atoms with Crippen LogP contribution < -0.4 is 5.32 Å². The standard InChI is InChI=1S/C15H20ClN3/c1-4-17-14(10-15-18-8-9-19(15)3)12-6-5-7-13(16)11(12)2/h5-9,14,17H,4,10H2,1-3H3. The number of hydrogen-bond acceptors (Lipinski definition) is 2. The number of benzene rings is 1. The number of aryl methyl sites for hydroxylation is 1. The second kappa shape index (κ2) is 6.22. The van der Waals surface area contributed by atoms with Gasteiger partial charge in [0, 0.05) is 36.9 Å². The molecule has 0 spiro atoms. The zero-order valence-corrected chi connectivity index (χ0v) is 12.4. The van der Waals surface area contributed by atoms with Gasteiger partial charge in [-0.15, -0.1) is 0 Å². The molecule has 1 aromatic carbocycles. The topological polar surface area (TPSA) is 29.9 Å². The Hall–Kier alpha value is -1.32. The van der Waals surface area contributed by atoms with E-state index in [1.807, 2.05) is 31.6 Å². The molecule has 102 valence electrons. The molecule has 0 radical (unpaired) electrons. The van der Waals surface area contributed by atoms with E-state index in [1.165, 1.54) is 5.56 Å². The summed E-state index contributed by atoms with van der Waals surface area (Å²) in [6, 6.07) is 6.32. The number of aromatic nitrogens is 2. The Bertz CT molecular complexity index is 548. The molecule has 0 aliphatic heterocycles. The second-order valence-corrected chi connectivity index (χ2v) is 5.13. The average molecular weight is 278 g/mol. The molecule has 4 heteroatoms. The third kappa shape index (κ3) is 3.17. The Morgan fingerprint density at radius 2 is 2.21 bits per heavy atom. The zero-order chi connectivity index (χ0) is 13.8. The van der Waals surface area contributed by atoms with Gasteiger partial charge in [-0.1, -0.05) is 30.7 Å². The van der Waals surface area contributed by atoms with Crippen LogP contribution in [0.25, 0.3) is 0 Å². The highest BCUT2D eigenvalue weighted by molar-refractivity contribution is 6.31.